The van der Waals surface area contributed by atoms with Crippen LogP contribution < -0.4 is 5.73 Å². The number of aromatic nitrogens is 2. The van der Waals surface area contributed by atoms with Crippen molar-refractivity contribution in [3.8, 4) is 11.3 Å². The summed E-state index contributed by atoms with van der Waals surface area (Å²) in [5, 5.41) is 13.1. The number of carbonyl (C=O) groups excluding carboxylic acids is 1. The summed E-state index contributed by atoms with van der Waals surface area (Å²) < 4.78 is 1.64. The first-order chi connectivity index (χ1) is 8.72. The summed E-state index contributed by atoms with van der Waals surface area (Å²) in [4.78, 5) is 11.4. The number of rotatable bonds is 5. The Morgan fingerprint density at radius 1 is 1.33 bits per heavy atom. The number of aryl methyl sites for hydroxylation is 1. The molecule has 0 aliphatic carbocycles. The lowest BCUT2D eigenvalue weighted by atomic mass is 10.1. The normalized spacial score (nSPS) is 10.5. The molecule has 0 atom stereocenters. The van der Waals surface area contributed by atoms with Crippen LogP contribution in [0.5, 0.6) is 0 Å². The molecular weight excluding hydrogens is 230 g/mol. The number of carbonyl (C=O) groups is 1. The van der Waals surface area contributed by atoms with Gasteiger partial charge in [-0.05, 0) is 6.42 Å². The highest BCUT2D eigenvalue weighted by Gasteiger charge is 2.14. The monoisotopic (exact) mass is 245 g/mol. The van der Waals surface area contributed by atoms with E-state index in [-0.39, 0.29) is 6.61 Å². The van der Waals surface area contributed by atoms with Gasteiger partial charge in [0.25, 0.3) is 5.91 Å². The quantitative estimate of drug-likeness (QED) is 0.825. The highest BCUT2D eigenvalue weighted by Crippen LogP contribution is 2.21. The van der Waals surface area contributed by atoms with E-state index in [2.05, 4.69) is 5.10 Å². The molecule has 94 valence electrons. The van der Waals surface area contributed by atoms with Crippen molar-refractivity contribution in [3.63, 3.8) is 0 Å². The van der Waals surface area contributed by atoms with Crippen molar-refractivity contribution < 1.29 is 9.90 Å². The molecule has 3 N–H and O–H groups in total. The third-order valence-electron chi connectivity index (χ3n) is 2.62. The number of aliphatic hydroxyl groups excluding tert-OH is 1. The standard InChI is InChI=1S/C13H15N3O2/c14-13(18)11-9-16(7-4-8-17)15-12(11)10-5-2-1-3-6-10/h1-3,5-6,9,17H,4,7-8H2,(H2,14,18). The Balaban J connectivity index is 2.39. The average molecular weight is 245 g/mol. The number of aliphatic hydroxyl groups is 1. The van der Waals surface area contributed by atoms with Gasteiger partial charge in [-0.1, -0.05) is 30.3 Å². The number of amides is 1. The molecule has 0 saturated carbocycles. The molecule has 0 fully saturated rings. The lowest BCUT2D eigenvalue weighted by Gasteiger charge is -1.99. The Morgan fingerprint density at radius 3 is 2.67 bits per heavy atom. The first kappa shape index (κ1) is 12.3. The van der Waals surface area contributed by atoms with Gasteiger partial charge in [0, 0.05) is 24.9 Å². The van der Waals surface area contributed by atoms with Crippen LogP contribution in [0.25, 0.3) is 11.3 Å². The largest absolute Gasteiger partial charge is 0.396 e. The zero-order valence-electron chi connectivity index (χ0n) is 9.91. The van der Waals surface area contributed by atoms with Gasteiger partial charge in [-0.3, -0.25) is 9.48 Å². The van der Waals surface area contributed by atoms with Gasteiger partial charge in [0.2, 0.25) is 0 Å². The summed E-state index contributed by atoms with van der Waals surface area (Å²) in [6.07, 6.45) is 2.22. The summed E-state index contributed by atoms with van der Waals surface area (Å²) in [6.45, 7) is 0.649. The maximum Gasteiger partial charge on any atom is 0.252 e. The zero-order chi connectivity index (χ0) is 13.0. The van der Waals surface area contributed by atoms with E-state index in [0.29, 0.717) is 24.2 Å². The van der Waals surface area contributed by atoms with Gasteiger partial charge in [0.15, 0.2) is 0 Å². The number of nitrogens with zero attached hydrogens (tertiary/aromatic N) is 2. The van der Waals surface area contributed by atoms with Crippen LogP contribution in [0.1, 0.15) is 16.8 Å². The van der Waals surface area contributed by atoms with E-state index in [9.17, 15) is 4.79 Å². The molecule has 1 aromatic heterocycles. The molecule has 0 bridgehead atoms. The summed E-state index contributed by atoms with van der Waals surface area (Å²) in [5.74, 6) is -0.496. The fourth-order valence-corrected chi connectivity index (χ4v) is 1.76. The molecule has 0 saturated heterocycles. The summed E-state index contributed by atoms with van der Waals surface area (Å²) in [7, 11) is 0. The summed E-state index contributed by atoms with van der Waals surface area (Å²) in [6, 6.07) is 9.42. The van der Waals surface area contributed by atoms with Crippen molar-refractivity contribution in [2.75, 3.05) is 6.61 Å². The second-order valence-electron chi connectivity index (χ2n) is 3.96. The van der Waals surface area contributed by atoms with E-state index < -0.39 is 5.91 Å². The van der Waals surface area contributed by atoms with Gasteiger partial charge < -0.3 is 10.8 Å². The van der Waals surface area contributed by atoms with Crippen LogP contribution in [-0.2, 0) is 6.54 Å². The van der Waals surface area contributed by atoms with Crippen LogP contribution in [0.2, 0.25) is 0 Å². The summed E-state index contributed by atoms with van der Waals surface area (Å²) >= 11 is 0. The third kappa shape index (κ3) is 2.57. The molecule has 18 heavy (non-hydrogen) atoms. The van der Waals surface area contributed by atoms with E-state index >= 15 is 0 Å². The maximum absolute atomic E-state index is 11.4. The van der Waals surface area contributed by atoms with Gasteiger partial charge in [-0.15, -0.1) is 0 Å². The van der Waals surface area contributed by atoms with Crippen LogP contribution in [0.15, 0.2) is 36.5 Å². The van der Waals surface area contributed by atoms with Crippen LogP contribution >= 0.6 is 0 Å². The first-order valence-electron chi connectivity index (χ1n) is 5.76. The fraction of sp³-hybridized carbons (Fsp3) is 0.231. The Morgan fingerprint density at radius 2 is 2.06 bits per heavy atom. The number of primary amides is 1. The predicted octanol–water partition coefficient (Wildman–Crippen LogP) is 1.03. The van der Waals surface area contributed by atoms with Crippen molar-refractivity contribution in [2.24, 2.45) is 5.73 Å². The molecule has 2 rings (SSSR count). The minimum absolute atomic E-state index is 0.0897. The van der Waals surface area contributed by atoms with Crippen molar-refractivity contribution in [1.82, 2.24) is 9.78 Å². The summed E-state index contributed by atoms with van der Waals surface area (Å²) in [5.41, 5.74) is 7.19. The molecule has 0 aliphatic heterocycles. The van der Waals surface area contributed by atoms with Crippen LogP contribution in [0.3, 0.4) is 0 Å². The zero-order valence-corrected chi connectivity index (χ0v) is 9.91. The molecule has 1 amide bonds. The van der Waals surface area contributed by atoms with Crippen molar-refractivity contribution in [2.45, 2.75) is 13.0 Å². The third-order valence-corrected chi connectivity index (χ3v) is 2.62. The van der Waals surface area contributed by atoms with E-state index in [0.717, 1.165) is 5.56 Å². The Bertz CT molecular complexity index is 534. The number of nitrogens with two attached hydrogens (primary N) is 1. The molecule has 0 unspecified atom stereocenters. The molecule has 0 aliphatic rings. The molecule has 5 heteroatoms. The van der Waals surface area contributed by atoms with Crippen LogP contribution in [-0.4, -0.2) is 27.4 Å². The van der Waals surface area contributed by atoms with Crippen molar-refractivity contribution >= 4 is 5.91 Å². The number of hydrogen-bond acceptors (Lipinski definition) is 3. The highest BCUT2D eigenvalue weighted by molar-refractivity contribution is 5.98. The Labute approximate surface area is 105 Å². The minimum atomic E-state index is -0.496. The van der Waals surface area contributed by atoms with E-state index in [4.69, 9.17) is 10.8 Å². The smallest absolute Gasteiger partial charge is 0.252 e. The van der Waals surface area contributed by atoms with Gasteiger partial charge in [0.05, 0.1) is 5.56 Å². The lowest BCUT2D eigenvalue weighted by Crippen LogP contribution is -2.11. The SMILES string of the molecule is NC(=O)c1cn(CCCO)nc1-c1ccccc1. The van der Waals surface area contributed by atoms with Gasteiger partial charge >= 0.3 is 0 Å². The second-order valence-corrected chi connectivity index (χ2v) is 3.96. The Hall–Kier alpha value is -2.14. The number of benzene rings is 1. The molecule has 2 aromatic rings. The fourth-order valence-electron chi connectivity index (χ4n) is 1.76. The van der Waals surface area contributed by atoms with Crippen LogP contribution in [0.4, 0.5) is 0 Å². The molecule has 1 aromatic carbocycles. The highest BCUT2D eigenvalue weighted by atomic mass is 16.3. The lowest BCUT2D eigenvalue weighted by molar-refractivity contribution is 0.100. The second kappa shape index (κ2) is 5.46. The first-order valence-corrected chi connectivity index (χ1v) is 5.76. The van der Waals surface area contributed by atoms with E-state index in [1.165, 1.54) is 0 Å². The number of hydrogen-bond donors (Lipinski definition) is 2. The molecule has 0 radical (unpaired) electrons. The van der Waals surface area contributed by atoms with Gasteiger partial charge in [0.1, 0.15) is 5.69 Å². The van der Waals surface area contributed by atoms with Crippen LogP contribution in [0, 0.1) is 0 Å². The van der Waals surface area contributed by atoms with Gasteiger partial charge in [-0.2, -0.15) is 5.10 Å². The average Bonchev–Trinajstić information content (AvgIpc) is 2.82. The van der Waals surface area contributed by atoms with E-state index in [1.807, 2.05) is 30.3 Å². The van der Waals surface area contributed by atoms with Gasteiger partial charge in [-0.25, -0.2) is 0 Å². The Kier molecular flexibility index (Phi) is 3.74. The minimum Gasteiger partial charge on any atom is -0.396 e. The molecular formula is C13H15N3O2. The molecule has 5 nitrogen and oxygen atoms in total. The molecule has 1 heterocycles. The van der Waals surface area contributed by atoms with Crippen molar-refractivity contribution in [3.05, 3.63) is 42.1 Å². The molecule has 0 spiro atoms. The topological polar surface area (TPSA) is 81.1 Å². The van der Waals surface area contributed by atoms with E-state index in [1.54, 1.807) is 10.9 Å². The van der Waals surface area contributed by atoms with Crippen molar-refractivity contribution in [1.29, 1.82) is 0 Å². The predicted molar refractivity (Wildman–Crippen MR) is 67.9 cm³/mol. The maximum atomic E-state index is 11.4.